The summed E-state index contributed by atoms with van der Waals surface area (Å²) >= 11 is 0. The van der Waals surface area contributed by atoms with Crippen molar-refractivity contribution in [1.29, 1.82) is 0 Å². The van der Waals surface area contributed by atoms with E-state index >= 15 is 0 Å². The summed E-state index contributed by atoms with van der Waals surface area (Å²) in [6.07, 6.45) is 0. The van der Waals surface area contributed by atoms with E-state index in [1.807, 2.05) is 74.0 Å². The van der Waals surface area contributed by atoms with Crippen LogP contribution in [0.4, 0.5) is 0 Å². The van der Waals surface area contributed by atoms with Crippen LogP contribution < -0.4 is 0 Å². The minimum Gasteiger partial charge on any atom is -0.337 e. The third kappa shape index (κ3) is 4.71. The predicted octanol–water partition coefficient (Wildman–Crippen LogP) is 4.18. The van der Waals surface area contributed by atoms with Gasteiger partial charge in [0, 0.05) is 23.9 Å². The molecule has 2 aromatic heterocycles. The third-order valence-corrected chi connectivity index (χ3v) is 5.10. The molecule has 0 N–H and O–H groups in total. The number of aryl methyl sites for hydroxylation is 3. The van der Waals surface area contributed by atoms with Crippen LogP contribution in [-0.4, -0.2) is 37.8 Å². The van der Waals surface area contributed by atoms with E-state index in [9.17, 15) is 4.79 Å². The highest BCUT2D eigenvalue weighted by Gasteiger charge is 2.16. The van der Waals surface area contributed by atoms with Crippen molar-refractivity contribution in [3.05, 3.63) is 88.6 Å². The van der Waals surface area contributed by atoms with Crippen LogP contribution in [0.25, 0.3) is 11.4 Å². The van der Waals surface area contributed by atoms with Crippen molar-refractivity contribution in [3.63, 3.8) is 0 Å². The summed E-state index contributed by atoms with van der Waals surface area (Å²) in [7, 11) is 1.72. The van der Waals surface area contributed by atoms with Gasteiger partial charge >= 0.3 is 0 Å². The fourth-order valence-corrected chi connectivity index (χ4v) is 3.48. The van der Waals surface area contributed by atoms with Crippen LogP contribution >= 0.6 is 0 Å². The van der Waals surface area contributed by atoms with Crippen molar-refractivity contribution in [2.45, 2.75) is 33.9 Å². The predicted molar refractivity (Wildman–Crippen MR) is 118 cm³/mol. The molecule has 1 amide bonds. The first-order valence-corrected chi connectivity index (χ1v) is 10.1. The molecule has 0 bridgehead atoms. The molecule has 0 saturated heterocycles. The highest BCUT2D eigenvalue weighted by Crippen LogP contribution is 2.18. The maximum absolute atomic E-state index is 12.8. The van der Waals surface area contributed by atoms with Gasteiger partial charge in [-0.05, 0) is 50.6 Å². The average Bonchev–Trinajstić information content (AvgIpc) is 3.34. The standard InChI is InChI=1S/C24H25N5O2/c1-16-6-5-7-21(12-16)23-25-22(31-27-23)15-28(4)24(30)20-10-8-19(9-11-20)14-29-18(3)13-17(2)26-29/h5-13H,14-15H2,1-4H3. The number of rotatable bonds is 6. The summed E-state index contributed by atoms with van der Waals surface area (Å²) in [5.41, 5.74) is 5.82. The first kappa shape index (κ1) is 20.5. The minimum atomic E-state index is -0.104. The van der Waals surface area contributed by atoms with Gasteiger partial charge in [0.15, 0.2) is 0 Å². The van der Waals surface area contributed by atoms with Gasteiger partial charge in [0.05, 0.1) is 18.8 Å². The summed E-state index contributed by atoms with van der Waals surface area (Å²) in [5.74, 6) is 0.814. The van der Waals surface area contributed by atoms with E-state index in [0.717, 1.165) is 28.1 Å². The van der Waals surface area contributed by atoms with Crippen molar-refractivity contribution in [2.24, 2.45) is 0 Å². The van der Waals surface area contributed by atoms with Gasteiger partial charge in [-0.2, -0.15) is 10.1 Å². The smallest absolute Gasteiger partial charge is 0.254 e. The number of hydrogen-bond acceptors (Lipinski definition) is 5. The molecular formula is C24H25N5O2. The molecule has 2 aromatic carbocycles. The molecule has 2 heterocycles. The Bertz CT molecular complexity index is 1210. The molecule has 0 unspecified atom stereocenters. The van der Waals surface area contributed by atoms with E-state index in [-0.39, 0.29) is 12.5 Å². The van der Waals surface area contributed by atoms with Gasteiger partial charge < -0.3 is 9.42 Å². The van der Waals surface area contributed by atoms with E-state index in [1.54, 1.807) is 11.9 Å². The Kier molecular flexibility index (Phi) is 5.66. The van der Waals surface area contributed by atoms with Crippen molar-refractivity contribution in [3.8, 4) is 11.4 Å². The van der Waals surface area contributed by atoms with Crippen LogP contribution in [0.3, 0.4) is 0 Å². The summed E-state index contributed by atoms with van der Waals surface area (Å²) in [6.45, 7) is 6.95. The topological polar surface area (TPSA) is 77.0 Å². The van der Waals surface area contributed by atoms with Crippen molar-refractivity contribution in [1.82, 2.24) is 24.8 Å². The monoisotopic (exact) mass is 415 g/mol. The fourth-order valence-electron chi connectivity index (χ4n) is 3.48. The lowest BCUT2D eigenvalue weighted by atomic mass is 10.1. The Balaban J connectivity index is 1.41. The number of carbonyl (C=O) groups excluding carboxylic acids is 1. The number of benzene rings is 2. The Morgan fingerprint density at radius 3 is 2.52 bits per heavy atom. The summed E-state index contributed by atoms with van der Waals surface area (Å²) in [4.78, 5) is 18.8. The van der Waals surface area contributed by atoms with Crippen LogP contribution in [0.2, 0.25) is 0 Å². The zero-order valence-electron chi connectivity index (χ0n) is 18.2. The molecule has 0 aliphatic rings. The van der Waals surface area contributed by atoms with E-state index < -0.39 is 0 Å². The van der Waals surface area contributed by atoms with Gasteiger partial charge in [-0.1, -0.05) is 41.1 Å². The van der Waals surface area contributed by atoms with Crippen LogP contribution in [0.1, 0.15) is 38.8 Å². The highest BCUT2D eigenvalue weighted by molar-refractivity contribution is 5.94. The lowest BCUT2D eigenvalue weighted by Gasteiger charge is -2.15. The second-order valence-electron chi connectivity index (χ2n) is 7.82. The first-order valence-electron chi connectivity index (χ1n) is 10.1. The van der Waals surface area contributed by atoms with E-state index in [1.165, 1.54) is 0 Å². The first-order chi connectivity index (χ1) is 14.9. The van der Waals surface area contributed by atoms with E-state index in [2.05, 4.69) is 21.3 Å². The number of hydrogen-bond donors (Lipinski definition) is 0. The second kappa shape index (κ2) is 8.55. The van der Waals surface area contributed by atoms with Crippen molar-refractivity contribution in [2.75, 3.05) is 7.05 Å². The largest absolute Gasteiger partial charge is 0.337 e. The molecule has 7 nitrogen and oxygen atoms in total. The molecule has 4 aromatic rings. The molecule has 158 valence electrons. The quantitative estimate of drug-likeness (QED) is 0.472. The SMILES string of the molecule is Cc1cccc(-c2noc(CN(C)C(=O)c3ccc(Cn4nc(C)cc4C)cc3)n2)c1. The lowest BCUT2D eigenvalue weighted by Crippen LogP contribution is -2.26. The molecule has 0 saturated carbocycles. The van der Waals surface area contributed by atoms with Gasteiger partial charge in [-0.25, -0.2) is 0 Å². The normalized spacial score (nSPS) is 11.0. The van der Waals surface area contributed by atoms with E-state index in [4.69, 9.17) is 4.52 Å². The van der Waals surface area contributed by atoms with Gasteiger partial charge in [-0.3, -0.25) is 9.48 Å². The third-order valence-electron chi connectivity index (χ3n) is 5.10. The Morgan fingerprint density at radius 1 is 1.06 bits per heavy atom. The van der Waals surface area contributed by atoms with Crippen LogP contribution in [-0.2, 0) is 13.1 Å². The molecule has 0 atom stereocenters. The van der Waals surface area contributed by atoms with Gasteiger partial charge in [0.1, 0.15) is 0 Å². The van der Waals surface area contributed by atoms with Gasteiger partial charge in [0.25, 0.3) is 5.91 Å². The summed E-state index contributed by atoms with van der Waals surface area (Å²) in [6, 6.07) is 17.5. The molecule has 7 heteroatoms. The fraction of sp³-hybridized carbons (Fsp3) is 0.250. The maximum Gasteiger partial charge on any atom is 0.254 e. The molecule has 31 heavy (non-hydrogen) atoms. The zero-order chi connectivity index (χ0) is 22.0. The molecule has 0 radical (unpaired) electrons. The number of amides is 1. The minimum absolute atomic E-state index is 0.104. The Morgan fingerprint density at radius 2 is 1.84 bits per heavy atom. The number of nitrogens with zero attached hydrogens (tertiary/aromatic N) is 5. The van der Waals surface area contributed by atoms with Crippen LogP contribution in [0.15, 0.2) is 59.1 Å². The highest BCUT2D eigenvalue weighted by atomic mass is 16.5. The second-order valence-corrected chi connectivity index (χ2v) is 7.82. The van der Waals surface area contributed by atoms with Gasteiger partial charge in [-0.15, -0.1) is 0 Å². The summed E-state index contributed by atoms with van der Waals surface area (Å²) in [5, 5.41) is 8.53. The van der Waals surface area contributed by atoms with Crippen molar-refractivity contribution < 1.29 is 9.32 Å². The zero-order valence-corrected chi connectivity index (χ0v) is 18.2. The molecule has 0 aliphatic heterocycles. The molecule has 0 spiro atoms. The lowest BCUT2D eigenvalue weighted by molar-refractivity contribution is 0.0769. The van der Waals surface area contributed by atoms with Crippen LogP contribution in [0, 0.1) is 20.8 Å². The molecule has 0 aliphatic carbocycles. The van der Waals surface area contributed by atoms with Gasteiger partial charge in [0.2, 0.25) is 11.7 Å². The van der Waals surface area contributed by atoms with E-state index in [0.29, 0.717) is 23.8 Å². The Hall–Kier alpha value is -3.74. The summed E-state index contributed by atoms with van der Waals surface area (Å²) < 4.78 is 7.31. The maximum atomic E-state index is 12.8. The van der Waals surface area contributed by atoms with Crippen molar-refractivity contribution >= 4 is 5.91 Å². The average molecular weight is 415 g/mol. The number of carbonyl (C=O) groups is 1. The molecule has 0 fully saturated rings. The molecular weight excluding hydrogens is 390 g/mol. The Labute approximate surface area is 181 Å². The number of aromatic nitrogens is 4. The molecule has 4 rings (SSSR count). The van der Waals surface area contributed by atoms with Crippen LogP contribution in [0.5, 0.6) is 0 Å².